The minimum atomic E-state index is -0.673. The quantitative estimate of drug-likeness (QED) is 0.882. The lowest BCUT2D eigenvalue weighted by molar-refractivity contribution is 0.0801. The van der Waals surface area contributed by atoms with Crippen LogP contribution in [0.2, 0.25) is 0 Å². The Bertz CT molecular complexity index is 687. The molecule has 2 aromatic carbocycles. The van der Waals surface area contributed by atoms with Gasteiger partial charge in [0, 0.05) is 5.56 Å². The monoisotopic (exact) mass is 287 g/mol. The van der Waals surface area contributed by atoms with E-state index in [-0.39, 0.29) is 17.1 Å². The molecule has 0 aromatic heterocycles. The van der Waals surface area contributed by atoms with Gasteiger partial charge in [-0.05, 0) is 30.3 Å². The van der Waals surface area contributed by atoms with Crippen molar-refractivity contribution in [1.82, 2.24) is 0 Å². The van der Waals surface area contributed by atoms with E-state index in [0.29, 0.717) is 12.3 Å². The van der Waals surface area contributed by atoms with Gasteiger partial charge in [-0.25, -0.2) is 4.39 Å². The van der Waals surface area contributed by atoms with Crippen LogP contribution in [0.4, 0.5) is 10.1 Å². The SMILES string of the molecule is COc1ccc(C(=O)C2CNc3ccccc3O2)cc1F. The molecule has 1 aliphatic heterocycles. The molecule has 0 bridgehead atoms. The van der Waals surface area contributed by atoms with E-state index < -0.39 is 11.9 Å². The maximum atomic E-state index is 13.7. The van der Waals surface area contributed by atoms with E-state index in [1.54, 1.807) is 6.07 Å². The summed E-state index contributed by atoms with van der Waals surface area (Å²) in [5, 5.41) is 3.14. The number of fused-ring (bicyclic) bond motifs is 1. The van der Waals surface area contributed by atoms with Crippen molar-refractivity contribution < 1.29 is 18.7 Å². The summed E-state index contributed by atoms with van der Waals surface area (Å²) in [7, 11) is 1.38. The first-order chi connectivity index (χ1) is 10.2. The van der Waals surface area contributed by atoms with Crippen LogP contribution in [-0.2, 0) is 0 Å². The molecule has 108 valence electrons. The van der Waals surface area contributed by atoms with Crippen molar-refractivity contribution in [3.63, 3.8) is 0 Å². The summed E-state index contributed by atoms with van der Waals surface area (Å²) >= 11 is 0. The summed E-state index contributed by atoms with van der Waals surface area (Å²) in [5.41, 5.74) is 1.11. The van der Waals surface area contributed by atoms with Gasteiger partial charge >= 0.3 is 0 Å². The van der Waals surface area contributed by atoms with Crippen LogP contribution in [0.25, 0.3) is 0 Å². The Morgan fingerprint density at radius 2 is 2.14 bits per heavy atom. The smallest absolute Gasteiger partial charge is 0.205 e. The zero-order chi connectivity index (χ0) is 14.8. The van der Waals surface area contributed by atoms with Crippen molar-refractivity contribution in [2.45, 2.75) is 6.10 Å². The van der Waals surface area contributed by atoms with E-state index in [0.717, 1.165) is 5.69 Å². The van der Waals surface area contributed by atoms with Crippen LogP contribution in [0.15, 0.2) is 42.5 Å². The summed E-state index contributed by atoms with van der Waals surface area (Å²) in [6.07, 6.45) is -0.673. The number of hydrogen-bond acceptors (Lipinski definition) is 4. The lowest BCUT2D eigenvalue weighted by Crippen LogP contribution is -2.37. The number of rotatable bonds is 3. The minimum Gasteiger partial charge on any atom is -0.494 e. The molecule has 0 aliphatic carbocycles. The van der Waals surface area contributed by atoms with Crippen LogP contribution in [0.1, 0.15) is 10.4 Å². The molecular weight excluding hydrogens is 273 g/mol. The standard InChI is InChI=1S/C16H14FNO3/c1-20-13-7-6-10(8-11(13)17)16(19)15-9-18-12-4-2-3-5-14(12)21-15/h2-8,15,18H,9H2,1H3. The van der Waals surface area contributed by atoms with Gasteiger partial charge in [0.05, 0.1) is 19.3 Å². The fourth-order valence-corrected chi connectivity index (χ4v) is 2.26. The maximum Gasteiger partial charge on any atom is 0.205 e. The number of nitrogens with one attached hydrogen (secondary N) is 1. The van der Waals surface area contributed by atoms with E-state index in [1.807, 2.05) is 18.2 Å². The van der Waals surface area contributed by atoms with E-state index in [1.165, 1.54) is 25.3 Å². The molecule has 1 N–H and O–H groups in total. The molecule has 3 rings (SSSR count). The second-order valence-corrected chi connectivity index (χ2v) is 4.70. The van der Waals surface area contributed by atoms with Crippen molar-refractivity contribution in [2.75, 3.05) is 19.0 Å². The number of ketones is 1. The molecule has 0 saturated carbocycles. The largest absolute Gasteiger partial charge is 0.494 e. The highest BCUT2D eigenvalue weighted by atomic mass is 19.1. The average Bonchev–Trinajstić information content (AvgIpc) is 2.53. The molecule has 1 heterocycles. The van der Waals surface area contributed by atoms with Crippen molar-refractivity contribution in [1.29, 1.82) is 0 Å². The number of benzene rings is 2. The molecule has 2 aromatic rings. The number of para-hydroxylation sites is 2. The van der Waals surface area contributed by atoms with Crippen LogP contribution in [0.3, 0.4) is 0 Å². The van der Waals surface area contributed by atoms with Gasteiger partial charge in [-0.1, -0.05) is 12.1 Å². The number of methoxy groups -OCH3 is 1. The van der Waals surface area contributed by atoms with Gasteiger partial charge in [0.15, 0.2) is 17.7 Å². The molecule has 0 spiro atoms. The van der Waals surface area contributed by atoms with Gasteiger partial charge in [0.25, 0.3) is 0 Å². The van der Waals surface area contributed by atoms with Crippen LogP contribution < -0.4 is 14.8 Å². The lowest BCUT2D eigenvalue weighted by atomic mass is 10.0. The van der Waals surface area contributed by atoms with Crippen LogP contribution in [0.5, 0.6) is 11.5 Å². The first kappa shape index (κ1) is 13.4. The van der Waals surface area contributed by atoms with Crippen molar-refractivity contribution >= 4 is 11.5 Å². The zero-order valence-electron chi connectivity index (χ0n) is 11.4. The highest BCUT2D eigenvalue weighted by Gasteiger charge is 2.27. The van der Waals surface area contributed by atoms with Crippen LogP contribution in [0, 0.1) is 5.82 Å². The topological polar surface area (TPSA) is 47.6 Å². The Morgan fingerprint density at radius 3 is 2.90 bits per heavy atom. The molecule has 0 fully saturated rings. The van der Waals surface area contributed by atoms with E-state index in [2.05, 4.69) is 5.32 Å². The predicted molar refractivity (Wildman–Crippen MR) is 76.6 cm³/mol. The van der Waals surface area contributed by atoms with Crippen molar-refractivity contribution in [3.05, 3.63) is 53.8 Å². The highest BCUT2D eigenvalue weighted by Crippen LogP contribution is 2.29. The third kappa shape index (κ3) is 2.54. The molecule has 0 amide bonds. The fourth-order valence-electron chi connectivity index (χ4n) is 2.26. The van der Waals surface area contributed by atoms with Gasteiger partial charge in [-0.2, -0.15) is 0 Å². The molecule has 4 nitrogen and oxygen atoms in total. The number of anilines is 1. The van der Waals surface area contributed by atoms with Crippen molar-refractivity contribution in [2.24, 2.45) is 0 Å². The Kier molecular flexibility index (Phi) is 3.48. The minimum absolute atomic E-state index is 0.111. The first-order valence-electron chi connectivity index (χ1n) is 6.56. The fraction of sp³-hybridized carbons (Fsp3) is 0.188. The predicted octanol–water partition coefficient (Wildman–Crippen LogP) is 2.89. The van der Waals surface area contributed by atoms with Crippen molar-refractivity contribution in [3.8, 4) is 11.5 Å². The van der Waals surface area contributed by atoms with Crippen LogP contribution in [-0.4, -0.2) is 25.5 Å². The van der Waals surface area contributed by atoms with Crippen LogP contribution >= 0.6 is 0 Å². The number of ether oxygens (including phenoxy) is 2. The molecule has 1 aliphatic rings. The third-order valence-electron chi connectivity index (χ3n) is 3.36. The van der Waals surface area contributed by atoms with E-state index >= 15 is 0 Å². The number of halogens is 1. The molecular formula is C16H14FNO3. The Labute approximate surface area is 121 Å². The molecule has 1 atom stereocenters. The highest BCUT2D eigenvalue weighted by molar-refractivity contribution is 6.00. The normalized spacial score (nSPS) is 16.4. The second-order valence-electron chi connectivity index (χ2n) is 4.70. The molecule has 0 saturated heterocycles. The molecule has 0 radical (unpaired) electrons. The summed E-state index contributed by atoms with van der Waals surface area (Å²) in [6.45, 7) is 0.351. The van der Waals surface area contributed by atoms with Gasteiger partial charge in [0.1, 0.15) is 5.75 Å². The first-order valence-corrected chi connectivity index (χ1v) is 6.56. The summed E-state index contributed by atoms with van der Waals surface area (Å²) in [4.78, 5) is 12.4. The Morgan fingerprint density at radius 1 is 1.33 bits per heavy atom. The van der Waals surface area contributed by atoms with Gasteiger partial charge < -0.3 is 14.8 Å². The average molecular weight is 287 g/mol. The third-order valence-corrected chi connectivity index (χ3v) is 3.36. The second kappa shape index (κ2) is 5.44. The zero-order valence-corrected chi connectivity index (χ0v) is 11.4. The number of hydrogen-bond donors (Lipinski definition) is 1. The Hall–Kier alpha value is -2.56. The van der Waals surface area contributed by atoms with E-state index in [9.17, 15) is 9.18 Å². The molecule has 21 heavy (non-hydrogen) atoms. The lowest BCUT2D eigenvalue weighted by Gasteiger charge is -2.26. The van der Waals surface area contributed by atoms with E-state index in [4.69, 9.17) is 9.47 Å². The summed E-state index contributed by atoms with van der Waals surface area (Å²) in [6, 6.07) is 11.5. The molecule has 5 heteroatoms. The summed E-state index contributed by atoms with van der Waals surface area (Å²) < 4.78 is 24.2. The van der Waals surface area contributed by atoms with Gasteiger partial charge in [-0.3, -0.25) is 4.79 Å². The molecule has 1 unspecified atom stereocenters. The Balaban J connectivity index is 1.82. The number of carbonyl (C=O) groups is 1. The maximum absolute atomic E-state index is 13.7. The summed E-state index contributed by atoms with van der Waals surface area (Å²) in [5.74, 6) is -0.0956. The number of Topliss-reactive ketones (excluding diaryl/α,β-unsaturated/α-hetero) is 1. The van der Waals surface area contributed by atoms with Gasteiger partial charge in [-0.15, -0.1) is 0 Å². The number of carbonyl (C=O) groups excluding carboxylic acids is 1. The van der Waals surface area contributed by atoms with Gasteiger partial charge in [0.2, 0.25) is 5.78 Å².